The summed E-state index contributed by atoms with van der Waals surface area (Å²) in [6, 6.07) is 14.2. The number of anilines is 4. The van der Waals surface area contributed by atoms with E-state index in [2.05, 4.69) is 42.1 Å². The van der Waals surface area contributed by atoms with Crippen molar-refractivity contribution in [3.05, 3.63) is 71.3 Å². The zero-order valence-electron chi connectivity index (χ0n) is 22.1. The Morgan fingerprint density at radius 3 is 1.83 bits per heavy atom. The Labute approximate surface area is 245 Å². The van der Waals surface area contributed by atoms with Crippen LogP contribution in [0.1, 0.15) is 16.7 Å². The van der Waals surface area contributed by atoms with E-state index in [1.807, 2.05) is 6.92 Å². The van der Waals surface area contributed by atoms with Gasteiger partial charge < -0.3 is 10.6 Å². The Morgan fingerprint density at radius 2 is 1.36 bits per heavy atom. The van der Waals surface area contributed by atoms with Crippen LogP contribution in [0.2, 0.25) is 0 Å². The molecule has 0 saturated heterocycles. The lowest BCUT2D eigenvalue weighted by Crippen LogP contribution is -2.05. The molecule has 0 aliphatic carbocycles. The summed E-state index contributed by atoms with van der Waals surface area (Å²) in [6.07, 6.45) is 0. The predicted molar refractivity (Wildman–Crippen MR) is 156 cm³/mol. The first-order chi connectivity index (χ1) is 19.8. The van der Waals surface area contributed by atoms with Gasteiger partial charge in [0.15, 0.2) is 11.6 Å². The van der Waals surface area contributed by atoms with E-state index in [4.69, 9.17) is 0 Å². The average molecular weight is 627 g/mol. The van der Waals surface area contributed by atoms with Crippen LogP contribution in [0.5, 0.6) is 0 Å². The van der Waals surface area contributed by atoms with Gasteiger partial charge in [0.2, 0.25) is 0 Å². The number of nitrogens with zero attached hydrogens (tertiary/aromatic N) is 6. The summed E-state index contributed by atoms with van der Waals surface area (Å²) in [5.41, 5.74) is 2.34. The van der Waals surface area contributed by atoms with Gasteiger partial charge in [-0.2, -0.15) is 27.2 Å². The maximum atomic E-state index is 11.5. The first-order valence-corrected chi connectivity index (χ1v) is 15.5. The van der Waals surface area contributed by atoms with Gasteiger partial charge in [0.05, 0.1) is 15.4 Å². The molecule has 2 heterocycles. The van der Waals surface area contributed by atoms with Gasteiger partial charge in [-0.3, -0.25) is 9.11 Å². The molecule has 0 fully saturated rings. The van der Waals surface area contributed by atoms with Crippen LogP contribution in [0.3, 0.4) is 0 Å². The molecule has 17 heteroatoms. The first kappa shape index (κ1) is 30.4. The number of rotatable bonds is 9. The van der Waals surface area contributed by atoms with Crippen LogP contribution in [-0.2, 0) is 20.2 Å². The van der Waals surface area contributed by atoms with Gasteiger partial charge in [-0.15, -0.1) is 15.3 Å². The van der Waals surface area contributed by atoms with Gasteiger partial charge in [0, 0.05) is 24.0 Å². The molecule has 2 aromatic carbocycles. The molecule has 0 amide bonds. The molecule has 4 N–H and O–H groups in total. The molecule has 216 valence electrons. The topological polar surface area (TPSA) is 219 Å². The second kappa shape index (κ2) is 12.1. The minimum Gasteiger partial charge on any atom is -0.339 e. The smallest absolute Gasteiger partial charge is 0.294 e. The lowest BCUT2D eigenvalue weighted by molar-refractivity contribution is 0.481. The summed E-state index contributed by atoms with van der Waals surface area (Å²) in [7, 11) is -7.25. The van der Waals surface area contributed by atoms with Crippen LogP contribution >= 0.6 is 11.3 Å². The van der Waals surface area contributed by atoms with E-state index in [0.717, 1.165) is 5.56 Å². The van der Waals surface area contributed by atoms with Crippen molar-refractivity contribution in [2.45, 2.75) is 23.6 Å². The second-order valence-corrected chi connectivity index (χ2v) is 12.4. The van der Waals surface area contributed by atoms with E-state index in [1.54, 1.807) is 20.0 Å². The van der Waals surface area contributed by atoms with Crippen molar-refractivity contribution in [1.82, 2.24) is 4.98 Å². The Hall–Kier alpha value is -4.60. The fourth-order valence-electron chi connectivity index (χ4n) is 3.62. The molecule has 0 atom stereocenters. The normalized spacial score (nSPS) is 12.1. The van der Waals surface area contributed by atoms with Gasteiger partial charge in [0.1, 0.15) is 21.8 Å². The summed E-state index contributed by atoms with van der Waals surface area (Å²) in [6.45, 7) is 3.50. The summed E-state index contributed by atoms with van der Waals surface area (Å²) in [5.74, 6) is 0.247. The zero-order valence-corrected chi connectivity index (χ0v) is 24.6. The quantitative estimate of drug-likeness (QED) is 0.113. The standard InChI is InChI=1S/C25H22N8O6S3/c1-14-12-21(40-25(14)33-27-3)31-32-22-15(2)20(13-26)23(28-16-4-8-18(9-5-16)41(34,35)36)30-24(22)29-17-6-10-19(11-7-17)42(37,38)39/h4-12H,1-3H3,(H2,28,29,30)(H,34,35,36)(H,37,38,39)/b32-31+,33-27+. The maximum absolute atomic E-state index is 11.5. The number of aryl methyl sites for hydroxylation is 1. The van der Waals surface area contributed by atoms with Crippen LogP contribution in [0, 0.1) is 25.2 Å². The number of thiophene rings is 1. The number of pyridine rings is 1. The van der Waals surface area contributed by atoms with E-state index in [0.29, 0.717) is 26.9 Å². The number of hydrogen-bond donors (Lipinski definition) is 4. The van der Waals surface area contributed by atoms with E-state index >= 15 is 0 Å². The highest BCUT2D eigenvalue weighted by Crippen LogP contribution is 2.40. The van der Waals surface area contributed by atoms with Crippen molar-refractivity contribution >= 4 is 70.3 Å². The van der Waals surface area contributed by atoms with Crippen LogP contribution < -0.4 is 10.6 Å². The molecule has 2 aromatic heterocycles. The molecule has 42 heavy (non-hydrogen) atoms. The molecule has 0 aliphatic heterocycles. The third-order valence-electron chi connectivity index (χ3n) is 5.67. The monoisotopic (exact) mass is 626 g/mol. The third kappa shape index (κ3) is 6.99. The molecule has 0 bridgehead atoms. The number of aromatic nitrogens is 1. The van der Waals surface area contributed by atoms with Crippen molar-refractivity contribution in [3.63, 3.8) is 0 Å². The van der Waals surface area contributed by atoms with Crippen molar-refractivity contribution in [2.75, 3.05) is 17.7 Å². The molecule has 4 aromatic rings. The number of nitriles is 1. The van der Waals surface area contributed by atoms with Crippen LogP contribution in [0.4, 0.5) is 38.7 Å². The van der Waals surface area contributed by atoms with E-state index in [9.17, 15) is 31.2 Å². The molecular weight excluding hydrogens is 605 g/mol. The van der Waals surface area contributed by atoms with E-state index < -0.39 is 20.2 Å². The van der Waals surface area contributed by atoms with E-state index in [1.165, 1.54) is 59.9 Å². The highest BCUT2D eigenvalue weighted by Gasteiger charge is 2.19. The lowest BCUT2D eigenvalue weighted by atomic mass is 10.1. The highest BCUT2D eigenvalue weighted by molar-refractivity contribution is 7.86. The molecule has 4 rings (SSSR count). The molecule has 0 radical (unpaired) electrons. The molecule has 0 aliphatic rings. The Kier molecular flexibility index (Phi) is 8.75. The van der Waals surface area contributed by atoms with Gasteiger partial charge in [0.25, 0.3) is 20.2 Å². The third-order valence-corrected chi connectivity index (χ3v) is 8.42. The molecular formula is C25H22N8O6S3. The van der Waals surface area contributed by atoms with Gasteiger partial charge >= 0.3 is 0 Å². The number of nitrogens with one attached hydrogen (secondary N) is 2. The van der Waals surface area contributed by atoms with Crippen LogP contribution in [-0.4, -0.2) is 38.0 Å². The van der Waals surface area contributed by atoms with Crippen molar-refractivity contribution in [1.29, 1.82) is 5.26 Å². The molecule has 14 nitrogen and oxygen atoms in total. The maximum Gasteiger partial charge on any atom is 0.294 e. The molecule has 0 spiro atoms. The number of azo groups is 2. The average Bonchev–Trinajstić information content (AvgIpc) is 3.27. The fourth-order valence-corrected chi connectivity index (χ4v) is 5.44. The Bertz CT molecular complexity index is 1960. The van der Waals surface area contributed by atoms with Gasteiger partial charge in [-0.05, 0) is 74.0 Å². The minimum atomic E-state index is -4.40. The van der Waals surface area contributed by atoms with E-state index in [-0.39, 0.29) is 32.7 Å². The zero-order chi connectivity index (χ0) is 30.7. The van der Waals surface area contributed by atoms with Crippen molar-refractivity contribution in [3.8, 4) is 6.07 Å². The predicted octanol–water partition coefficient (Wildman–Crippen LogP) is 6.74. The highest BCUT2D eigenvalue weighted by atomic mass is 32.2. The number of benzene rings is 2. The fraction of sp³-hybridized carbons (Fsp3) is 0.120. The number of hydrogen-bond acceptors (Lipinski definition) is 13. The van der Waals surface area contributed by atoms with Crippen LogP contribution in [0.25, 0.3) is 0 Å². The second-order valence-electron chi connectivity index (χ2n) is 8.59. The SMILES string of the molecule is C/N=N/c1sc(/N=N/c2c(Nc3ccc(S(=O)(=O)O)cc3)nc(Nc3ccc(S(=O)(=O)O)cc3)c(C#N)c2C)cc1C. The van der Waals surface area contributed by atoms with Crippen molar-refractivity contribution < 1.29 is 25.9 Å². The van der Waals surface area contributed by atoms with Gasteiger partial charge in [-0.25, -0.2) is 4.98 Å². The van der Waals surface area contributed by atoms with Crippen LogP contribution in [0.15, 0.2) is 84.8 Å². The van der Waals surface area contributed by atoms with Gasteiger partial charge in [-0.1, -0.05) is 11.3 Å². The largest absolute Gasteiger partial charge is 0.339 e. The summed E-state index contributed by atoms with van der Waals surface area (Å²) in [4.78, 5) is 3.92. The molecule has 0 saturated carbocycles. The molecule has 0 unspecified atom stereocenters. The summed E-state index contributed by atoms with van der Waals surface area (Å²) in [5, 5.41) is 33.7. The Morgan fingerprint density at radius 1 is 0.833 bits per heavy atom. The minimum absolute atomic E-state index is 0.100. The summed E-state index contributed by atoms with van der Waals surface area (Å²) < 4.78 is 64.2. The lowest BCUT2D eigenvalue weighted by Gasteiger charge is -2.16. The Balaban J connectivity index is 1.80. The summed E-state index contributed by atoms with van der Waals surface area (Å²) >= 11 is 1.26. The first-order valence-electron chi connectivity index (χ1n) is 11.8. The van der Waals surface area contributed by atoms with Crippen molar-refractivity contribution in [2.24, 2.45) is 20.5 Å².